The quantitative estimate of drug-likeness (QED) is 0.758. The molecule has 2 aromatic carbocycles. The number of aryl methyl sites for hydroxylation is 1. The number of ether oxygens (including phenoxy) is 1. The lowest BCUT2D eigenvalue weighted by molar-refractivity contribution is 0.304. The summed E-state index contributed by atoms with van der Waals surface area (Å²) in [6.07, 6.45) is 0. The molecule has 2 aromatic rings. The number of halogens is 3. The normalized spacial score (nSPS) is 10.4. The second-order valence-electron chi connectivity index (χ2n) is 3.97. The van der Waals surface area contributed by atoms with E-state index >= 15 is 0 Å². The van der Waals surface area contributed by atoms with Crippen molar-refractivity contribution < 1.29 is 9.13 Å². The number of benzene rings is 2. The molecule has 0 amide bonds. The molecule has 0 heterocycles. The van der Waals surface area contributed by atoms with Crippen molar-refractivity contribution in [3.05, 3.63) is 62.8 Å². The van der Waals surface area contributed by atoms with Crippen LogP contribution < -0.4 is 4.74 Å². The Hall–Kier alpha value is -1.06. The first-order chi connectivity index (χ1) is 8.56. The topological polar surface area (TPSA) is 9.23 Å². The molecule has 1 nitrogen and oxygen atoms in total. The molecule has 18 heavy (non-hydrogen) atoms. The molecule has 0 aliphatic heterocycles. The highest BCUT2D eigenvalue weighted by Gasteiger charge is 2.04. The summed E-state index contributed by atoms with van der Waals surface area (Å²) in [4.78, 5) is 0. The van der Waals surface area contributed by atoms with Crippen molar-refractivity contribution in [3.8, 4) is 5.75 Å². The number of rotatable bonds is 3. The van der Waals surface area contributed by atoms with Gasteiger partial charge in [0.1, 0.15) is 18.2 Å². The van der Waals surface area contributed by atoms with Gasteiger partial charge in [-0.25, -0.2) is 4.39 Å². The summed E-state index contributed by atoms with van der Waals surface area (Å²) in [5.41, 5.74) is 1.98. The molecule has 0 radical (unpaired) electrons. The van der Waals surface area contributed by atoms with Crippen molar-refractivity contribution in [2.24, 2.45) is 0 Å². The molecule has 4 heteroatoms. The Morgan fingerprint density at radius 2 is 2.00 bits per heavy atom. The van der Waals surface area contributed by atoms with Crippen LogP contribution in [-0.2, 0) is 6.61 Å². The predicted molar refractivity (Wildman–Crippen MR) is 74.6 cm³/mol. The molecule has 0 unspecified atom stereocenters. The van der Waals surface area contributed by atoms with E-state index in [1.165, 1.54) is 6.07 Å². The van der Waals surface area contributed by atoms with Crippen molar-refractivity contribution >= 4 is 27.5 Å². The molecule has 0 saturated heterocycles. The van der Waals surface area contributed by atoms with Gasteiger partial charge in [0.25, 0.3) is 0 Å². The van der Waals surface area contributed by atoms with E-state index in [9.17, 15) is 4.39 Å². The molecule has 0 fully saturated rings. The minimum absolute atomic E-state index is 0.110. The first-order valence-electron chi connectivity index (χ1n) is 5.39. The van der Waals surface area contributed by atoms with Gasteiger partial charge < -0.3 is 4.74 Å². The molecule has 2 rings (SSSR count). The summed E-state index contributed by atoms with van der Waals surface area (Å²) >= 11 is 9.14. The Kier molecular flexibility index (Phi) is 4.25. The summed E-state index contributed by atoms with van der Waals surface area (Å²) in [6.45, 7) is 2.36. The molecular formula is C14H11BrClFO. The van der Waals surface area contributed by atoms with Crippen LogP contribution in [0.5, 0.6) is 5.75 Å². The van der Waals surface area contributed by atoms with E-state index < -0.39 is 5.82 Å². The van der Waals surface area contributed by atoms with Gasteiger partial charge in [-0.3, -0.25) is 0 Å². The second kappa shape index (κ2) is 5.72. The Labute approximate surface area is 119 Å². The average molecular weight is 330 g/mol. The minimum Gasteiger partial charge on any atom is -0.488 e. The molecule has 0 bridgehead atoms. The van der Waals surface area contributed by atoms with E-state index in [4.69, 9.17) is 16.3 Å². The van der Waals surface area contributed by atoms with Crippen LogP contribution in [0.2, 0.25) is 5.02 Å². The summed E-state index contributed by atoms with van der Waals surface area (Å²) in [6, 6.07) is 10.4. The largest absolute Gasteiger partial charge is 0.488 e. The molecule has 0 N–H and O–H groups in total. The van der Waals surface area contributed by atoms with E-state index in [-0.39, 0.29) is 5.02 Å². The molecular weight excluding hydrogens is 319 g/mol. The Bertz CT molecular complexity index is 572. The molecule has 0 aromatic heterocycles. The van der Waals surface area contributed by atoms with Crippen molar-refractivity contribution in [1.82, 2.24) is 0 Å². The van der Waals surface area contributed by atoms with E-state index in [0.29, 0.717) is 6.61 Å². The van der Waals surface area contributed by atoms with Crippen LogP contribution in [0, 0.1) is 12.7 Å². The lowest BCUT2D eigenvalue weighted by Crippen LogP contribution is -1.96. The fourth-order valence-electron chi connectivity index (χ4n) is 1.51. The van der Waals surface area contributed by atoms with E-state index in [1.807, 2.05) is 25.1 Å². The van der Waals surface area contributed by atoms with Crippen molar-refractivity contribution in [3.63, 3.8) is 0 Å². The molecule has 0 atom stereocenters. The summed E-state index contributed by atoms with van der Waals surface area (Å²) in [7, 11) is 0. The molecule has 0 aliphatic carbocycles. The zero-order chi connectivity index (χ0) is 13.1. The van der Waals surface area contributed by atoms with Crippen LogP contribution in [0.1, 0.15) is 11.1 Å². The van der Waals surface area contributed by atoms with Crippen molar-refractivity contribution in [2.45, 2.75) is 13.5 Å². The third-order valence-corrected chi connectivity index (χ3v) is 3.38. The van der Waals surface area contributed by atoms with Gasteiger partial charge in [0.2, 0.25) is 0 Å². The predicted octanol–water partition coefficient (Wildman–Crippen LogP) is 5.13. The van der Waals surface area contributed by atoms with Gasteiger partial charge in [0.15, 0.2) is 0 Å². The van der Waals surface area contributed by atoms with Crippen molar-refractivity contribution in [1.29, 1.82) is 0 Å². The van der Waals surface area contributed by atoms with Gasteiger partial charge in [-0.2, -0.15) is 0 Å². The maximum atomic E-state index is 13.0. The fourth-order valence-corrected chi connectivity index (χ4v) is 2.32. The first-order valence-corrected chi connectivity index (χ1v) is 6.56. The van der Waals surface area contributed by atoms with Crippen molar-refractivity contribution in [2.75, 3.05) is 0 Å². The molecule has 0 aliphatic rings. The maximum Gasteiger partial charge on any atom is 0.141 e. The lowest BCUT2D eigenvalue weighted by atomic mass is 10.2. The van der Waals surface area contributed by atoms with E-state index in [2.05, 4.69) is 15.9 Å². The van der Waals surface area contributed by atoms with Gasteiger partial charge in [0.05, 0.1) is 9.50 Å². The summed E-state index contributed by atoms with van der Waals surface area (Å²) in [5, 5.41) is 0.110. The van der Waals surface area contributed by atoms with Gasteiger partial charge in [-0.05, 0) is 58.2 Å². The summed E-state index contributed by atoms with van der Waals surface area (Å²) < 4.78 is 19.5. The Morgan fingerprint density at radius 3 is 2.67 bits per heavy atom. The van der Waals surface area contributed by atoms with Crippen LogP contribution >= 0.6 is 27.5 Å². The third kappa shape index (κ3) is 3.24. The van der Waals surface area contributed by atoms with Gasteiger partial charge >= 0.3 is 0 Å². The molecule has 0 spiro atoms. The first kappa shape index (κ1) is 13.4. The standard InChI is InChI=1S/C14H11BrClFO/c1-9-2-5-14(11(15)6-9)18-8-10-3-4-13(17)12(16)7-10/h2-7H,8H2,1H3. The smallest absolute Gasteiger partial charge is 0.141 e. The number of hydrogen-bond acceptors (Lipinski definition) is 1. The molecule has 0 saturated carbocycles. The van der Waals surface area contributed by atoms with Crippen LogP contribution in [0.4, 0.5) is 4.39 Å². The minimum atomic E-state index is -0.420. The maximum absolute atomic E-state index is 13.0. The highest BCUT2D eigenvalue weighted by atomic mass is 79.9. The average Bonchev–Trinajstić information content (AvgIpc) is 2.32. The van der Waals surface area contributed by atoms with Crippen LogP contribution in [0.3, 0.4) is 0 Å². The van der Waals surface area contributed by atoms with Gasteiger partial charge in [0, 0.05) is 0 Å². The highest BCUT2D eigenvalue weighted by Crippen LogP contribution is 2.27. The summed E-state index contributed by atoms with van der Waals surface area (Å²) in [5.74, 6) is 0.331. The Morgan fingerprint density at radius 1 is 1.22 bits per heavy atom. The third-order valence-electron chi connectivity index (χ3n) is 2.47. The molecule has 94 valence electrons. The monoisotopic (exact) mass is 328 g/mol. The fraction of sp³-hybridized carbons (Fsp3) is 0.143. The zero-order valence-electron chi connectivity index (χ0n) is 9.71. The lowest BCUT2D eigenvalue weighted by Gasteiger charge is -2.09. The van der Waals surface area contributed by atoms with Crippen LogP contribution in [-0.4, -0.2) is 0 Å². The SMILES string of the molecule is Cc1ccc(OCc2ccc(F)c(Cl)c2)c(Br)c1. The van der Waals surface area contributed by atoms with E-state index in [0.717, 1.165) is 21.3 Å². The van der Waals surface area contributed by atoms with Crippen LogP contribution in [0.15, 0.2) is 40.9 Å². The van der Waals surface area contributed by atoms with Gasteiger partial charge in [-0.15, -0.1) is 0 Å². The second-order valence-corrected chi connectivity index (χ2v) is 5.23. The number of hydrogen-bond donors (Lipinski definition) is 0. The van der Waals surface area contributed by atoms with Gasteiger partial charge in [-0.1, -0.05) is 23.7 Å². The van der Waals surface area contributed by atoms with E-state index in [1.54, 1.807) is 12.1 Å². The zero-order valence-corrected chi connectivity index (χ0v) is 12.1. The van der Waals surface area contributed by atoms with Crippen LogP contribution in [0.25, 0.3) is 0 Å². The Balaban J connectivity index is 2.09. The highest BCUT2D eigenvalue weighted by molar-refractivity contribution is 9.10.